The molecular formula is C22H34N2O5. The first-order chi connectivity index (χ1) is 13.9. The number of fused-ring (bicyclic) bond motifs is 3. The zero-order valence-electron chi connectivity index (χ0n) is 17.7. The topological polar surface area (TPSA) is 71.6 Å². The molecule has 162 valence electrons. The van der Waals surface area contributed by atoms with Crippen molar-refractivity contribution in [2.45, 2.75) is 57.7 Å². The molecular weight excluding hydrogens is 372 g/mol. The zero-order chi connectivity index (χ0) is 20.2. The predicted octanol–water partition coefficient (Wildman–Crippen LogP) is 2.29. The van der Waals surface area contributed by atoms with Crippen LogP contribution in [0.3, 0.4) is 0 Å². The van der Waals surface area contributed by atoms with Gasteiger partial charge in [0.15, 0.2) is 0 Å². The molecule has 3 heterocycles. The first kappa shape index (κ1) is 19.6. The molecule has 3 aliphatic heterocycles. The van der Waals surface area contributed by atoms with Crippen LogP contribution in [0.2, 0.25) is 0 Å². The second-order valence-corrected chi connectivity index (χ2v) is 10.1. The lowest BCUT2D eigenvalue weighted by atomic mass is 9.53. The van der Waals surface area contributed by atoms with Crippen LogP contribution in [-0.4, -0.2) is 79.5 Å². The van der Waals surface area contributed by atoms with Crippen molar-refractivity contribution in [1.29, 1.82) is 0 Å². The molecule has 7 heteroatoms. The molecule has 2 unspecified atom stereocenters. The number of rotatable bonds is 3. The minimum Gasteiger partial charge on any atom is -0.462 e. The quantitative estimate of drug-likeness (QED) is 0.529. The van der Waals surface area contributed by atoms with E-state index in [4.69, 9.17) is 14.2 Å². The lowest BCUT2D eigenvalue weighted by molar-refractivity contribution is -0.147. The lowest BCUT2D eigenvalue weighted by Crippen LogP contribution is -2.53. The van der Waals surface area contributed by atoms with Gasteiger partial charge in [0, 0.05) is 38.6 Å². The molecule has 5 rings (SSSR count). The molecule has 3 saturated heterocycles. The van der Waals surface area contributed by atoms with E-state index in [0.29, 0.717) is 31.5 Å². The van der Waals surface area contributed by atoms with Crippen molar-refractivity contribution in [1.82, 2.24) is 9.80 Å². The average molecular weight is 407 g/mol. The Bertz CT molecular complexity index is 672. The van der Waals surface area contributed by atoms with Crippen molar-refractivity contribution >= 4 is 12.1 Å². The van der Waals surface area contributed by atoms with Gasteiger partial charge in [-0.15, -0.1) is 0 Å². The Morgan fingerprint density at radius 2 is 2.00 bits per heavy atom. The second kappa shape index (κ2) is 7.12. The van der Waals surface area contributed by atoms with Gasteiger partial charge in [-0.2, -0.15) is 0 Å². The van der Waals surface area contributed by atoms with Crippen LogP contribution >= 0.6 is 0 Å². The first-order valence-corrected chi connectivity index (χ1v) is 11.4. The Hall–Kier alpha value is -1.34. The highest BCUT2D eigenvalue weighted by molar-refractivity contribution is 5.75. The lowest BCUT2D eigenvalue weighted by Gasteiger charge is -2.51. The average Bonchev–Trinajstić information content (AvgIpc) is 3.40. The molecule has 6 atom stereocenters. The largest absolute Gasteiger partial charge is 0.462 e. The molecule has 5 aliphatic rings. The highest BCUT2D eigenvalue weighted by Crippen LogP contribution is 2.62. The number of epoxide rings is 1. The number of esters is 1. The van der Waals surface area contributed by atoms with Gasteiger partial charge in [0.2, 0.25) is 0 Å². The summed E-state index contributed by atoms with van der Waals surface area (Å²) in [5.74, 6) is 0.808. The normalized spacial score (nSPS) is 44.2. The highest BCUT2D eigenvalue weighted by Gasteiger charge is 2.65. The van der Waals surface area contributed by atoms with E-state index in [1.165, 1.54) is 19.3 Å². The maximum atomic E-state index is 12.8. The van der Waals surface area contributed by atoms with Crippen molar-refractivity contribution in [3.8, 4) is 0 Å². The standard InChI is InChI=1S/C22H34N2O5/c1-3-27-20(26)24-9-7-23(8-10-24)13-16-15-11-18-21(2,12-17(15)29-19(16)25)5-4-6-22(18)14-28-22/h15-18H,3-14H2,1-2H3/t15-,16?,17-,18-,21-,22?/m1/s1. The molecule has 0 radical (unpaired) electrons. The van der Waals surface area contributed by atoms with Gasteiger partial charge in [-0.3, -0.25) is 9.69 Å². The van der Waals surface area contributed by atoms with Crippen molar-refractivity contribution in [2.75, 3.05) is 45.9 Å². The monoisotopic (exact) mass is 406 g/mol. The smallest absolute Gasteiger partial charge is 0.409 e. The molecule has 0 aromatic rings. The summed E-state index contributed by atoms with van der Waals surface area (Å²) in [6.45, 7) is 9.16. The molecule has 1 amide bonds. The summed E-state index contributed by atoms with van der Waals surface area (Å²) in [4.78, 5) is 28.8. The summed E-state index contributed by atoms with van der Waals surface area (Å²) in [5.41, 5.74) is 0.343. The van der Waals surface area contributed by atoms with Crippen LogP contribution in [0.25, 0.3) is 0 Å². The Kier molecular flexibility index (Phi) is 4.81. The third-order valence-corrected chi connectivity index (χ3v) is 8.43. The minimum absolute atomic E-state index is 0.0131. The number of piperazine rings is 1. The maximum Gasteiger partial charge on any atom is 0.409 e. The SMILES string of the molecule is CCOC(=O)N1CCN(CC2C(=O)O[C@@H]3C[C@@]4(C)CCCC5(CO5)[C@@H]4C[C@H]23)CC1. The number of amides is 1. The van der Waals surface area contributed by atoms with Crippen molar-refractivity contribution in [2.24, 2.45) is 23.2 Å². The van der Waals surface area contributed by atoms with Gasteiger partial charge in [0.05, 0.1) is 24.7 Å². The number of carbonyl (C=O) groups excluding carboxylic acids is 2. The van der Waals surface area contributed by atoms with E-state index in [0.717, 1.165) is 39.1 Å². The van der Waals surface area contributed by atoms with Gasteiger partial charge in [-0.1, -0.05) is 6.92 Å². The fourth-order valence-electron chi connectivity index (χ4n) is 6.77. The van der Waals surface area contributed by atoms with E-state index in [1.807, 2.05) is 6.92 Å². The van der Waals surface area contributed by atoms with E-state index in [-0.39, 0.29) is 35.1 Å². The van der Waals surface area contributed by atoms with Gasteiger partial charge in [-0.05, 0) is 50.4 Å². The van der Waals surface area contributed by atoms with Crippen molar-refractivity contribution in [3.63, 3.8) is 0 Å². The van der Waals surface area contributed by atoms with Gasteiger partial charge in [0.25, 0.3) is 0 Å². The van der Waals surface area contributed by atoms with Crippen LogP contribution in [0.1, 0.15) is 46.0 Å². The van der Waals surface area contributed by atoms with Crippen LogP contribution in [0.15, 0.2) is 0 Å². The fraction of sp³-hybridized carbons (Fsp3) is 0.909. The zero-order valence-corrected chi connectivity index (χ0v) is 17.7. The molecule has 2 saturated carbocycles. The summed E-state index contributed by atoms with van der Waals surface area (Å²) in [6.07, 6.45) is 5.53. The van der Waals surface area contributed by atoms with Crippen LogP contribution in [-0.2, 0) is 19.0 Å². The Labute approximate surface area is 173 Å². The number of ether oxygens (including phenoxy) is 3. The third kappa shape index (κ3) is 3.34. The van der Waals surface area contributed by atoms with E-state index >= 15 is 0 Å². The number of carbonyl (C=O) groups is 2. The maximum absolute atomic E-state index is 12.8. The van der Waals surface area contributed by atoms with E-state index in [9.17, 15) is 9.59 Å². The molecule has 0 aromatic heterocycles. The van der Waals surface area contributed by atoms with Gasteiger partial charge < -0.3 is 19.1 Å². The fourth-order valence-corrected chi connectivity index (χ4v) is 6.77. The van der Waals surface area contributed by atoms with Gasteiger partial charge in [0.1, 0.15) is 6.10 Å². The molecule has 29 heavy (non-hydrogen) atoms. The predicted molar refractivity (Wildman–Crippen MR) is 105 cm³/mol. The number of nitrogens with zero attached hydrogens (tertiary/aromatic N) is 2. The molecule has 0 aromatic carbocycles. The summed E-state index contributed by atoms with van der Waals surface area (Å²) < 4.78 is 17.0. The van der Waals surface area contributed by atoms with Crippen LogP contribution in [0.5, 0.6) is 0 Å². The van der Waals surface area contributed by atoms with Crippen molar-refractivity contribution < 1.29 is 23.8 Å². The molecule has 2 aliphatic carbocycles. The van der Waals surface area contributed by atoms with Crippen LogP contribution in [0.4, 0.5) is 4.79 Å². The molecule has 5 fully saturated rings. The van der Waals surface area contributed by atoms with E-state index in [1.54, 1.807) is 4.90 Å². The second-order valence-electron chi connectivity index (χ2n) is 10.1. The molecule has 0 bridgehead atoms. The Balaban J connectivity index is 1.23. The van der Waals surface area contributed by atoms with Crippen molar-refractivity contribution in [3.05, 3.63) is 0 Å². The highest BCUT2D eigenvalue weighted by atomic mass is 16.6. The summed E-state index contributed by atoms with van der Waals surface area (Å²) in [5, 5.41) is 0. The third-order valence-electron chi connectivity index (χ3n) is 8.43. The van der Waals surface area contributed by atoms with E-state index < -0.39 is 0 Å². The molecule has 1 spiro atoms. The van der Waals surface area contributed by atoms with E-state index in [2.05, 4.69) is 11.8 Å². The number of hydrogen-bond acceptors (Lipinski definition) is 6. The van der Waals surface area contributed by atoms with Crippen LogP contribution in [0, 0.1) is 23.2 Å². The van der Waals surface area contributed by atoms with Gasteiger partial charge in [-0.25, -0.2) is 4.79 Å². The van der Waals surface area contributed by atoms with Gasteiger partial charge >= 0.3 is 12.1 Å². The summed E-state index contributed by atoms with van der Waals surface area (Å²) >= 11 is 0. The minimum atomic E-state index is -0.230. The Morgan fingerprint density at radius 3 is 2.69 bits per heavy atom. The molecule has 7 nitrogen and oxygen atoms in total. The molecule has 0 N–H and O–H groups in total. The number of hydrogen-bond donors (Lipinski definition) is 0. The van der Waals surface area contributed by atoms with Crippen LogP contribution < -0.4 is 0 Å². The Morgan fingerprint density at radius 1 is 1.24 bits per heavy atom. The summed E-state index contributed by atoms with van der Waals surface area (Å²) in [6, 6.07) is 0. The summed E-state index contributed by atoms with van der Waals surface area (Å²) in [7, 11) is 0. The first-order valence-electron chi connectivity index (χ1n) is 11.4.